The summed E-state index contributed by atoms with van der Waals surface area (Å²) in [4.78, 5) is 26.2. The number of hydrogen-bond acceptors (Lipinski definition) is 5. The molecule has 0 unspecified atom stereocenters. The normalized spacial score (nSPS) is 11.7. The van der Waals surface area contributed by atoms with Crippen LogP contribution in [0.25, 0.3) is 11.4 Å². The number of Topliss-reactive ketones (excluding diaryl/α,β-unsaturated/α-hetero) is 1. The molecule has 0 atom stereocenters. The van der Waals surface area contributed by atoms with E-state index in [4.69, 9.17) is 0 Å². The molecule has 1 N–H and O–H groups in total. The number of benzene rings is 1. The Kier molecular flexibility index (Phi) is 5.91. The van der Waals surface area contributed by atoms with E-state index in [0.29, 0.717) is 12.1 Å². The molecule has 0 radical (unpaired) electrons. The lowest BCUT2D eigenvalue weighted by Crippen LogP contribution is -2.31. The molecule has 2 rings (SSSR count). The second kappa shape index (κ2) is 7.80. The van der Waals surface area contributed by atoms with Crippen LogP contribution >= 0.6 is 0 Å². The van der Waals surface area contributed by atoms with Crippen LogP contribution in [0.3, 0.4) is 0 Å². The maximum absolute atomic E-state index is 14.1. The number of amides is 1. The molecule has 0 saturated carbocycles. The van der Waals surface area contributed by atoms with Crippen LogP contribution in [0.5, 0.6) is 0 Å². The Bertz CT molecular complexity index is 838. The van der Waals surface area contributed by atoms with E-state index < -0.39 is 53.3 Å². The Morgan fingerprint density at radius 3 is 2.26 bits per heavy atom. The van der Waals surface area contributed by atoms with Crippen molar-refractivity contribution in [2.75, 3.05) is 0 Å². The monoisotopic (exact) mass is 391 g/mol. The highest BCUT2D eigenvalue weighted by Gasteiger charge is 2.38. The summed E-state index contributed by atoms with van der Waals surface area (Å²) in [5, 5.41) is 5.14. The summed E-state index contributed by atoms with van der Waals surface area (Å²) in [5.41, 5.74) is -0.945. The molecule has 0 aliphatic rings. The fraction of sp³-hybridized carbons (Fsp3) is 0.375. The lowest BCUT2D eigenvalue weighted by Gasteiger charge is -2.09. The lowest BCUT2D eigenvalue weighted by molar-refractivity contribution is -0.159. The number of halogens is 5. The van der Waals surface area contributed by atoms with Crippen molar-refractivity contribution in [1.82, 2.24) is 15.5 Å². The van der Waals surface area contributed by atoms with Gasteiger partial charge in [0.05, 0.1) is 0 Å². The van der Waals surface area contributed by atoms with Gasteiger partial charge in [0.25, 0.3) is 5.91 Å². The molecule has 0 saturated heterocycles. The molecule has 0 aliphatic carbocycles. The Morgan fingerprint density at radius 2 is 1.78 bits per heavy atom. The predicted octanol–water partition coefficient (Wildman–Crippen LogP) is 3.27. The first-order valence-corrected chi connectivity index (χ1v) is 7.69. The zero-order valence-electron chi connectivity index (χ0n) is 14.2. The van der Waals surface area contributed by atoms with Gasteiger partial charge in [-0.15, -0.1) is 0 Å². The van der Waals surface area contributed by atoms with Crippen molar-refractivity contribution in [1.29, 1.82) is 0 Å². The number of nitrogens with zero attached hydrogens (tertiary/aromatic N) is 2. The summed E-state index contributed by atoms with van der Waals surface area (Å²) < 4.78 is 69.6. The minimum Gasteiger partial charge on any atom is -0.345 e. The lowest BCUT2D eigenvalue weighted by atomic mass is 10.1. The van der Waals surface area contributed by atoms with Gasteiger partial charge in [0, 0.05) is 24.1 Å². The maximum Gasteiger partial charge on any atom is 0.471 e. The maximum atomic E-state index is 14.1. The molecular formula is C16H14F5N3O3. The molecule has 1 aromatic heterocycles. The first-order chi connectivity index (χ1) is 12.5. The number of ketones is 1. The van der Waals surface area contributed by atoms with Gasteiger partial charge in [0.15, 0.2) is 0 Å². The zero-order chi connectivity index (χ0) is 20.4. The van der Waals surface area contributed by atoms with Crippen molar-refractivity contribution in [2.45, 2.75) is 33.0 Å². The Hall–Kier alpha value is -2.85. The third-order valence-corrected chi connectivity index (χ3v) is 3.34. The summed E-state index contributed by atoms with van der Waals surface area (Å²) >= 11 is 0. The molecule has 1 heterocycles. The van der Waals surface area contributed by atoms with E-state index in [0.717, 1.165) is 0 Å². The molecule has 146 valence electrons. The average molecular weight is 391 g/mol. The highest BCUT2D eigenvalue weighted by molar-refractivity contribution is 6.36. The fourth-order valence-electron chi connectivity index (χ4n) is 2.09. The van der Waals surface area contributed by atoms with Crippen LogP contribution in [0.1, 0.15) is 31.7 Å². The summed E-state index contributed by atoms with van der Waals surface area (Å²) in [7, 11) is 0. The molecule has 0 spiro atoms. The van der Waals surface area contributed by atoms with Crippen LogP contribution in [0.15, 0.2) is 16.7 Å². The number of alkyl halides is 3. The van der Waals surface area contributed by atoms with Crippen molar-refractivity contribution in [3.05, 3.63) is 35.2 Å². The van der Waals surface area contributed by atoms with Gasteiger partial charge >= 0.3 is 12.1 Å². The first kappa shape index (κ1) is 20.5. The van der Waals surface area contributed by atoms with Crippen LogP contribution in [0.2, 0.25) is 0 Å². The third kappa shape index (κ3) is 5.08. The molecule has 0 bridgehead atoms. The van der Waals surface area contributed by atoms with Crippen molar-refractivity contribution in [3.8, 4) is 11.4 Å². The van der Waals surface area contributed by atoms with Crippen LogP contribution in [-0.2, 0) is 22.3 Å². The Balaban J connectivity index is 2.16. The fourth-order valence-corrected chi connectivity index (χ4v) is 2.09. The van der Waals surface area contributed by atoms with Gasteiger partial charge in [0.1, 0.15) is 11.6 Å². The van der Waals surface area contributed by atoms with Gasteiger partial charge in [-0.3, -0.25) is 9.59 Å². The number of carbonyl (C=O) groups is 2. The number of aromatic nitrogens is 2. The van der Waals surface area contributed by atoms with Crippen molar-refractivity contribution >= 4 is 11.7 Å². The van der Waals surface area contributed by atoms with E-state index in [1.165, 1.54) is 0 Å². The Morgan fingerprint density at radius 1 is 1.19 bits per heavy atom. The summed E-state index contributed by atoms with van der Waals surface area (Å²) in [6.45, 7) is 2.84. The van der Waals surface area contributed by atoms with E-state index in [1.54, 1.807) is 13.8 Å². The highest BCUT2D eigenvalue weighted by Crippen LogP contribution is 2.30. The third-order valence-electron chi connectivity index (χ3n) is 3.34. The second-order valence-corrected chi connectivity index (χ2v) is 6.04. The largest absolute Gasteiger partial charge is 0.471 e. The number of hydrogen-bond donors (Lipinski definition) is 1. The molecule has 1 aromatic carbocycles. The molecule has 0 aliphatic heterocycles. The number of carbonyl (C=O) groups excluding carboxylic acids is 2. The topological polar surface area (TPSA) is 85.1 Å². The summed E-state index contributed by atoms with van der Waals surface area (Å²) in [6, 6.07) is 1.40. The molecule has 2 aromatic rings. The van der Waals surface area contributed by atoms with E-state index in [2.05, 4.69) is 20.0 Å². The average Bonchev–Trinajstić information content (AvgIpc) is 3.03. The standard InChI is InChI=1S/C16H14F5N3O3/c1-7(2)3-12(25)14(26)22-6-9-10(17)4-8(5-11(9)18)13-23-15(27-24-13)16(19,20)21/h4-5,7H,3,6H2,1-2H3,(H,22,26). The molecule has 27 heavy (non-hydrogen) atoms. The quantitative estimate of drug-likeness (QED) is 0.604. The van der Waals surface area contributed by atoms with Crippen LogP contribution < -0.4 is 5.32 Å². The molecular weight excluding hydrogens is 377 g/mol. The number of rotatable bonds is 6. The molecule has 11 heteroatoms. The van der Waals surface area contributed by atoms with Crippen LogP contribution in [0, 0.1) is 17.6 Å². The Labute approximate surface area is 149 Å². The van der Waals surface area contributed by atoms with Gasteiger partial charge in [-0.05, 0) is 18.1 Å². The van der Waals surface area contributed by atoms with Gasteiger partial charge in [0.2, 0.25) is 11.6 Å². The van der Waals surface area contributed by atoms with E-state index >= 15 is 0 Å². The van der Waals surface area contributed by atoms with Gasteiger partial charge in [-0.2, -0.15) is 18.2 Å². The van der Waals surface area contributed by atoms with E-state index in [-0.39, 0.29) is 17.9 Å². The van der Waals surface area contributed by atoms with Gasteiger partial charge in [-0.1, -0.05) is 19.0 Å². The molecule has 1 amide bonds. The first-order valence-electron chi connectivity index (χ1n) is 7.69. The van der Waals surface area contributed by atoms with Crippen molar-refractivity contribution in [3.63, 3.8) is 0 Å². The minimum absolute atomic E-state index is 0.0187. The zero-order valence-corrected chi connectivity index (χ0v) is 14.2. The van der Waals surface area contributed by atoms with Gasteiger partial charge < -0.3 is 9.84 Å². The SMILES string of the molecule is CC(C)CC(=O)C(=O)NCc1c(F)cc(-c2noc(C(F)(F)F)n2)cc1F. The predicted molar refractivity (Wildman–Crippen MR) is 81.0 cm³/mol. The summed E-state index contributed by atoms with van der Waals surface area (Å²) in [5.74, 6) is -6.39. The highest BCUT2D eigenvalue weighted by atomic mass is 19.4. The van der Waals surface area contributed by atoms with E-state index in [1.807, 2.05) is 0 Å². The minimum atomic E-state index is -4.89. The molecule has 6 nitrogen and oxygen atoms in total. The van der Waals surface area contributed by atoms with Gasteiger partial charge in [-0.25, -0.2) is 8.78 Å². The van der Waals surface area contributed by atoms with Crippen LogP contribution in [0.4, 0.5) is 22.0 Å². The summed E-state index contributed by atoms with van der Waals surface area (Å²) in [6.07, 6.45) is -4.91. The van der Waals surface area contributed by atoms with E-state index in [9.17, 15) is 31.5 Å². The number of nitrogens with one attached hydrogen (secondary N) is 1. The van der Waals surface area contributed by atoms with Crippen LogP contribution in [-0.4, -0.2) is 21.8 Å². The van der Waals surface area contributed by atoms with Crippen molar-refractivity contribution in [2.24, 2.45) is 5.92 Å². The van der Waals surface area contributed by atoms with Crippen molar-refractivity contribution < 1.29 is 36.1 Å². The second-order valence-electron chi connectivity index (χ2n) is 6.04. The molecule has 0 fully saturated rings. The smallest absolute Gasteiger partial charge is 0.345 e.